The third-order valence-electron chi connectivity index (χ3n) is 6.50. The van der Waals surface area contributed by atoms with Gasteiger partial charge in [-0.3, -0.25) is 15.0 Å². The Hall–Kier alpha value is -1.80. The first-order valence-corrected chi connectivity index (χ1v) is 11.8. The van der Waals surface area contributed by atoms with Gasteiger partial charge >= 0.3 is 0 Å². The van der Waals surface area contributed by atoms with Crippen LogP contribution in [0.2, 0.25) is 0 Å². The summed E-state index contributed by atoms with van der Waals surface area (Å²) in [5.41, 5.74) is 5.99. The fourth-order valence-electron chi connectivity index (χ4n) is 4.32. The molecular weight excluding hydrogens is 486 g/mol. The highest BCUT2D eigenvalue weighted by Crippen LogP contribution is 2.59. The molecule has 4 unspecified atom stereocenters. The Morgan fingerprint density at radius 1 is 1.29 bits per heavy atom. The summed E-state index contributed by atoms with van der Waals surface area (Å²) >= 11 is 1.39. The molecule has 11 nitrogen and oxygen atoms in total. The van der Waals surface area contributed by atoms with Gasteiger partial charge in [0.15, 0.2) is 0 Å². The third-order valence-corrected chi connectivity index (χ3v) is 7.43. The zero-order valence-electron chi connectivity index (χ0n) is 19.1. The largest absolute Gasteiger partial charge is 0.391 e. The standard InChI is InChI=1S/C21H33N5O6S.ClH/c1-10(27)17(30)18(31)14(28)7-24-8-16(29)26-13(4-21(2)5-15(21)26)20(32)25-6-12-3-11(9-33-12)19(22)23;/h3,9-10,13-15,17-18,24,27-28,30-31H,4-8H2,1-2H3,(H3,22,23)(H,25,32);1H/t10?,13-,14?,15-,17?,18?,21+;/m0./s1. The number of nitrogens with zero attached hydrogens (tertiary/aromatic N) is 1. The zero-order valence-corrected chi connectivity index (χ0v) is 20.7. The molecule has 2 heterocycles. The first-order chi connectivity index (χ1) is 15.4. The first kappa shape index (κ1) is 28.4. The van der Waals surface area contributed by atoms with Crippen LogP contribution in [0.15, 0.2) is 11.4 Å². The van der Waals surface area contributed by atoms with Crippen molar-refractivity contribution in [2.24, 2.45) is 11.1 Å². The van der Waals surface area contributed by atoms with Crippen molar-refractivity contribution in [1.29, 1.82) is 5.41 Å². The third kappa shape index (κ3) is 6.25. The van der Waals surface area contributed by atoms with Gasteiger partial charge in [-0.15, -0.1) is 23.7 Å². The number of amides is 2. The summed E-state index contributed by atoms with van der Waals surface area (Å²) in [5, 5.41) is 53.6. The average Bonchev–Trinajstić information content (AvgIpc) is 3.10. The number of hydrogen-bond donors (Lipinski definition) is 8. The van der Waals surface area contributed by atoms with Gasteiger partial charge in [0.1, 0.15) is 24.1 Å². The minimum atomic E-state index is -1.56. The number of thiophene rings is 1. The van der Waals surface area contributed by atoms with E-state index >= 15 is 0 Å². The number of nitrogens with two attached hydrogens (primary N) is 1. The molecule has 9 N–H and O–H groups in total. The SMILES string of the molecule is CC(O)C(O)C(O)C(O)CNCC(=O)N1[C@H]2C[C@@]2(C)C[C@H]1C(=O)NCc1cc(C(=N)N)cs1.Cl. The van der Waals surface area contributed by atoms with E-state index in [0.717, 1.165) is 11.3 Å². The second-order valence-electron chi connectivity index (χ2n) is 9.25. The van der Waals surface area contributed by atoms with Crippen molar-refractivity contribution in [1.82, 2.24) is 15.5 Å². The number of nitrogen functional groups attached to an aromatic ring is 1. The molecule has 0 spiro atoms. The lowest BCUT2D eigenvalue weighted by molar-refractivity contribution is -0.139. The number of amidine groups is 1. The van der Waals surface area contributed by atoms with Crippen molar-refractivity contribution in [3.05, 3.63) is 21.9 Å². The van der Waals surface area contributed by atoms with Crippen molar-refractivity contribution in [3.63, 3.8) is 0 Å². The van der Waals surface area contributed by atoms with Crippen LogP contribution in [-0.2, 0) is 16.1 Å². The Morgan fingerprint density at radius 3 is 2.56 bits per heavy atom. The highest BCUT2D eigenvalue weighted by atomic mass is 35.5. The van der Waals surface area contributed by atoms with Crippen molar-refractivity contribution in [2.75, 3.05) is 13.1 Å². The molecule has 1 aromatic heterocycles. The maximum absolute atomic E-state index is 12.9. The predicted molar refractivity (Wildman–Crippen MR) is 129 cm³/mol. The molecule has 34 heavy (non-hydrogen) atoms. The summed E-state index contributed by atoms with van der Waals surface area (Å²) < 4.78 is 0. The number of fused-ring (bicyclic) bond motifs is 1. The van der Waals surface area contributed by atoms with E-state index in [1.54, 1.807) is 16.3 Å². The van der Waals surface area contributed by atoms with Gasteiger partial charge in [0, 0.05) is 28.4 Å². The monoisotopic (exact) mass is 519 g/mol. The van der Waals surface area contributed by atoms with Gasteiger partial charge in [-0.25, -0.2) is 0 Å². The number of halogens is 1. The van der Waals surface area contributed by atoms with Crippen molar-refractivity contribution < 1.29 is 30.0 Å². The molecule has 1 aromatic rings. The lowest BCUT2D eigenvalue weighted by atomic mass is 10.0. The molecular formula is C21H34ClN5O6S. The molecule has 2 amide bonds. The van der Waals surface area contributed by atoms with Crippen LogP contribution < -0.4 is 16.4 Å². The molecule has 13 heteroatoms. The van der Waals surface area contributed by atoms with Crippen LogP contribution in [0.1, 0.15) is 37.1 Å². The predicted octanol–water partition coefficient (Wildman–Crippen LogP) is -1.50. The van der Waals surface area contributed by atoms with Crippen molar-refractivity contribution in [2.45, 2.75) is 69.7 Å². The zero-order chi connectivity index (χ0) is 24.5. The maximum Gasteiger partial charge on any atom is 0.243 e. The van der Waals surface area contributed by atoms with Crippen LogP contribution in [0.25, 0.3) is 0 Å². The first-order valence-electron chi connectivity index (χ1n) is 10.9. The summed E-state index contributed by atoms with van der Waals surface area (Å²) in [6.45, 7) is 3.32. The van der Waals surface area contributed by atoms with Gasteiger partial charge in [-0.2, -0.15) is 0 Å². The van der Waals surface area contributed by atoms with Gasteiger partial charge in [-0.1, -0.05) is 6.92 Å². The lowest BCUT2D eigenvalue weighted by Crippen LogP contribution is -2.52. The molecule has 1 saturated carbocycles. The summed E-state index contributed by atoms with van der Waals surface area (Å²) in [6.07, 6.45) is -4.26. The molecule has 0 aromatic carbocycles. The van der Waals surface area contributed by atoms with E-state index in [-0.39, 0.29) is 61.1 Å². The minimum Gasteiger partial charge on any atom is -0.391 e. The van der Waals surface area contributed by atoms with E-state index < -0.39 is 30.5 Å². The van der Waals surface area contributed by atoms with Crippen molar-refractivity contribution >= 4 is 41.4 Å². The molecule has 192 valence electrons. The van der Waals surface area contributed by atoms with E-state index in [1.807, 2.05) is 0 Å². The fraction of sp³-hybridized carbons (Fsp3) is 0.667. The Labute approximate surface area is 208 Å². The minimum absolute atomic E-state index is 0. The Balaban J connectivity index is 0.00000408. The van der Waals surface area contributed by atoms with Gasteiger partial charge in [0.2, 0.25) is 11.8 Å². The highest BCUT2D eigenvalue weighted by molar-refractivity contribution is 7.10. The summed E-state index contributed by atoms with van der Waals surface area (Å²) in [6, 6.07) is 1.14. The number of carbonyl (C=O) groups excluding carboxylic acids is 2. The fourth-order valence-corrected chi connectivity index (χ4v) is 5.14. The number of rotatable bonds is 11. The molecule has 0 bridgehead atoms. The summed E-state index contributed by atoms with van der Waals surface area (Å²) in [7, 11) is 0. The molecule has 0 radical (unpaired) electrons. The van der Waals surface area contributed by atoms with E-state index in [0.29, 0.717) is 12.0 Å². The molecule has 3 rings (SSSR count). The van der Waals surface area contributed by atoms with Gasteiger partial charge in [0.25, 0.3) is 0 Å². The number of carbonyl (C=O) groups is 2. The molecule has 1 aliphatic heterocycles. The number of piperidine rings is 1. The molecule has 2 aliphatic rings. The van der Waals surface area contributed by atoms with Crippen LogP contribution in [0.4, 0.5) is 0 Å². The van der Waals surface area contributed by atoms with Crippen LogP contribution in [0, 0.1) is 10.8 Å². The van der Waals surface area contributed by atoms with E-state index in [4.69, 9.17) is 11.1 Å². The molecule has 1 aliphatic carbocycles. The number of aliphatic hydroxyl groups is 4. The molecule has 2 fully saturated rings. The second kappa shape index (κ2) is 11.3. The smallest absolute Gasteiger partial charge is 0.243 e. The Bertz CT molecular complexity index is 901. The normalized spacial score (nSPS) is 26.6. The van der Waals surface area contributed by atoms with E-state index in [2.05, 4.69) is 17.6 Å². The summed E-state index contributed by atoms with van der Waals surface area (Å²) in [5.74, 6) is -0.561. The highest BCUT2D eigenvalue weighted by Gasteiger charge is 2.64. The topological polar surface area (TPSA) is 192 Å². The number of hydrogen-bond acceptors (Lipinski definition) is 9. The Kier molecular flexibility index (Phi) is 9.44. The number of nitrogens with one attached hydrogen (secondary N) is 3. The van der Waals surface area contributed by atoms with Crippen LogP contribution in [0.3, 0.4) is 0 Å². The quantitative estimate of drug-likeness (QED) is 0.128. The van der Waals surface area contributed by atoms with Crippen LogP contribution in [0.5, 0.6) is 0 Å². The van der Waals surface area contributed by atoms with Gasteiger partial charge in [0.05, 0.1) is 25.3 Å². The summed E-state index contributed by atoms with van der Waals surface area (Å²) in [4.78, 5) is 28.2. The average molecular weight is 520 g/mol. The number of aliphatic hydroxyl groups excluding tert-OH is 4. The van der Waals surface area contributed by atoms with Crippen molar-refractivity contribution in [3.8, 4) is 0 Å². The molecule has 1 saturated heterocycles. The second-order valence-corrected chi connectivity index (χ2v) is 10.2. The van der Waals surface area contributed by atoms with Crippen LogP contribution >= 0.6 is 23.7 Å². The Morgan fingerprint density at radius 2 is 1.97 bits per heavy atom. The van der Waals surface area contributed by atoms with E-state index in [1.165, 1.54) is 18.3 Å². The van der Waals surface area contributed by atoms with E-state index in [9.17, 15) is 30.0 Å². The lowest BCUT2D eigenvalue weighted by Gasteiger charge is -2.28. The number of likely N-dealkylation sites (tertiary alicyclic amines) is 1. The van der Waals surface area contributed by atoms with Gasteiger partial charge < -0.3 is 41.7 Å². The van der Waals surface area contributed by atoms with Gasteiger partial charge in [-0.05, 0) is 31.2 Å². The molecule has 7 atom stereocenters. The van der Waals surface area contributed by atoms with Crippen LogP contribution in [-0.4, -0.2) is 92.6 Å². The maximum atomic E-state index is 12.9.